The summed E-state index contributed by atoms with van der Waals surface area (Å²) in [6.45, 7) is 4.24. The molecule has 0 bridgehead atoms. The van der Waals surface area contributed by atoms with E-state index in [0.29, 0.717) is 0 Å². The Morgan fingerprint density at radius 2 is 2.00 bits per heavy atom. The van der Waals surface area contributed by atoms with Gasteiger partial charge in [-0.05, 0) is 25.5 Å². The van der Waals surface area contributed by atoms with E-state index in [2.05, 4.69) is 49.6 Å². The van der Waals surface area contributed by atoms with Crippen molar-refractivity contribution in [3.8, 4) is 0 Å². The number of anilines is 1. The van der Waals surface area contributed by atoms with E-state index in [4.69, 9.17) is 0 Å². The first-order chi connectivity index (χ1) is 5.65. The topological polar surface area (TPSA) is 3.24 Å². The van der Waals surface area contributed by atoms with E-state index in [1.54, 1.807) is 0 Å². The molecule has 0 saturated carbocycles. The van der Waals surface area contributed by atoms with Crippen LogP contribution in [-0.4, -0.2) is 12.9 Å². The minimum atomic E-state index is 0.754. The lowest BCUT2D eigenvalue weighted by Crippen LogP contribution is -2.15. The third-order valence-electron chi connectivity index (χ3n) is 1.98. The molecular formula is C10H15NS. The highest BCUT2D eigenvalue weighted by molar-refractivity contribution is 7.80. The van der Waals surface area contributed by atoms with Crippen molar-refractivity contribution in [3.63, 3.8) is 0 Å². The van der Waals surface area contributed by atoms with Gasteiger partial charge in [-0.1, -0.05) is 17.7 Å². The van der Waals surface area contributed by atoms with Gasteiger partial charge in [0.1, 0.15) is 0 Å². The zero-order chi connectivity index (χ0) is 9.14. The SMILES string of the molecule is Cc1ccc(N(C)CS)c(C)c1. The van der Waals surface area contributed by atoms with E-state index in [-0.39, 0.29) is 0 Å². The predicted molar refractivity (Wildman–Crippen MR) is 58.2 cm³/mol. The molecule has 1 rings (SSSR count). The number of hydrogen-bond acceptors (Lipinski definition) is 2. The molecule has 0 radical (unpaired) electrons. The van der Waals surface area contributed by atoms with Crippen molar-refractivity contribution in [2.45, 2.75) is 13.8 Å². The molecule has 0 heterocycles. The molecule has 12 heavy (non-hydrogen) atoms. The molecule has 0 aliphatic heterocycles. The molecule has 1 aromatic rings. The van der Waals surface area contributed by atoms with E-state index in [0.717, 1.165) is 5.88 Å². The third kappa shape index (κ3) is 1.95. The smallest absolute Gasteiger partial charge is 0.0607 e. The second kappa shape index (κ2) is 3.85. The van der Waals surface area contributed by atoms with Crippen LogP contribution >= 0.6 is 12.6 Å². The van der Waals surface area contributed by atoms with Crippen LogP contribution in [0.5, 0.6) is 0 Å². The Balaban J connectivity index is 3.01. The summed E-state index contributed by atoms with van der Waals surface area (Å²) in [7, 11) is 2.05. The quantitative estimate of drug-likeness (QED) is 0.542. The summed E-state index contributed by atoms with van der Waals surface area (Å²) in [6, 6.07) is 6.46. The van der Waals surface area contributed by atoms with E-state index in [1.165, 1.54) is 16.8 Å². The van der Waals surface area contributed by atoms with Crippen LogP contribution in [0.1, 0.15) is 11.1 Å². The van der Waals surface area contributed by atoms with E-state index in [1.807, 2.05) is 7.05 Å². The van der Waals surface area contributed by atoms with Crippen LogP contribution in [0.4, 0.5) is 5.69 Å². The van der Waals surface area contributed by atoms with Gasteiger partial charge in [0.25, 0.3) is 0 Å². The molecular weight excluding hydrogens is 166 g/mol. The van der Waals surface area contributed by atoms with E-state index < -0.39 is 0 Å². The molecule has 0 aromatic heterocycles. The minimum absolute atomic E-state index is 0.754. The van der Waals surface area contributed by atoms with Crippen molar-refractivity contribution in [2.24, 2.45) is 0 Å². The Morgan fingerprint density at radius 1 is 1.33 bits per heavy atom. The summed E-state index contributed by atoms with van der Waals surface area (Å²) in [4.78, 5) is 2.12. The predicted octanol–water partition coefficient (Wildman–Crippen LogP) is 2.63. The van der Waals surface area contributed by atoms with Crippen molar-refractivity contribution >= 4 is 18.3 Å². The first kappa shape index (κ1) is 9.46. The summed E-state index contributed by atoms with van der Waals surface area (Å²) in [5.41, 5.74) is 3.88. The van der Waals surface area contributed by atoms with Gasteiger partial charge in [-0.15, -0.1) is 0 Å². The second-order valence-electron chi connectivity index (χ2n) is 3.13. The molecule has 0 unspecified atom stereocenters. The standard InChI is InChI=1S/C10H15NS/c1-8-4-5-10(9(2)6-8)11(3)7-12/h4-6,12H,7H2,1-3H3. The molecule has 1 aromatic carbocycles. The van der Waals surface area contributed by atoms with Gasteiger partial charge < -0.3 is 4.90 Å². The summed E-state index contributed by atoms with van der Waals surface area (Å²) < 4.78 is 0. The summed E-state index contributed by atoms with van der Waals surface area (Å²) >= 11 is 4.23. The average molecular weight is 181 g/mol. The van der Waals surface area contributed by atoms with Crippen LogP contribution in [-0.2, 0) is 0 Å². The maximum atomic E-state index is 4.23. The van der Waals surface area contributed by atoms with E-state index in [9.17, 15) is 0 Å². The van der Waals surface area contributed by atoms with Crippen LogP contribution in [0, 0.1) is 13.8 Å². The second-order valence-corrected chi connectivity index (χ2v) is 3.41. The molecule has 0 fully saturated rings. The van der Waals surface area contributed by atoms with Gasteiger partial charge in [0.2, 0.25) is 0 Å². The fraction of sp³-hybridized carbons (Fsp3) is 0.400. The summed E-state index contributed by atoms with van der Waals surface area (Å²) in [5.74, 6) is 0.754. The lowest BCUT2D eigenvalue weighted by Gasteiger charge is -2.18. The molecule has 2 heteroatoms. The fourth-order valence-electron chi connectivity index (χ4n) is 1.31. The number of thiol groups is 1. The maximum Gasteiger partial charge on any atom is 0.0607 e. The molecule has 0 saturated heterocycles. The van der Waals surface area contributed by atoms with Crippen LogP contribution in [0.3, 0.4) is 0 Å². The minimum Gasteiger partial charge on any atom is -0.365 e. The molecule has 0 spiro atoms. The lowest BCUT2D eigenvalue weighted by molar-refractivity contribution is 1.08. The Bertz CT molecular complexity index is 271. The largest absolute Gasteiger partial charge is 0.365 e. The zero-order valence-electron chi connectivity index (χ0n) is 7.83. The number of rotatable bonds is 2. The first-order valence-electron chi connectivity index (χ1n) is 4.04. The normalized spacial score (nSPS) is 10.0. The Hall–Kier alpha value is -0.630. The Morgan fingerprint density at radius 3 is 2.50 bits per heavy atom. The highest BCUT2D eigenvalue weighted by atomic mass is 32.1. The lowest BCUT2D eigenvalue weighted by atomic mass is 10.1. The van der Waals surface area contributed by atoms with Crippen molar-refractivity contribution in [1.29, 1.82) is 0 Å². The molecule has 0 amide bonds. The molecule has 0 aliphatic rings. The molecule has 66 valence electrons. The Labute approximate surface area is 79.8 Å². The number of aryl methyl sites for hydroxylation is 2. The monoisotopic (exact) mass is 181 g/mol. The number of hydrogen-bond donors (Lipinski definition) is 1. The van der Waals surface area contributed by atoms with Crippen LogP contribution in [0.25, 0.3) is 0 Å². The van der Waals surface area contributed by atoms with Gasteiger partial charge in [-0.25, -0.2) is 0 Å². The number of nitrogens with zero attached hydrogens (tertiary/aromatic N) is 1. The first-order valence-corrected chi connectivity index (χ1v) is 4.67. The molecule has 0 aliphatic carbocycles. The number of benzene rings is 1. The van der Waals surface area contributed by atoms with Gasteiger partial charge >= 0.3 is 0 Å². The third-order valence-corrected chi connectivity index (χ3v) is 2.40. The van der Waals surface area contributed by atoms with Crippen LogP contribution < -0.4 is 4.90 Å². The van der Waals surface area contributed by atoms with Crippen LogP contribution in [0.15, 0.2) is 18.2 Å². The molecule has 0 atom stereocenters. The highest BCUT2D eigenvalue weighted by Crippen LogP contribution is 2.19. The van der Waals surface area contributed by atoms with Gasteiger partial charge in [0, 0.05) is 12.7 Å². The van der Waals surface area contributed by atoms with Crippen molar-refractivity contribution in [3.05, 3.63) is 29.3 Å². The van der Waals surface area contributed by atoms with Gasteiger partial charge in [0.05, 0.1) is 5.88 Å². The molecule has 0 N–H and O–H groups in total. The van der Waals surface area contributed by atoms with Crippen molar-refractivity contribution < 1.29 is 0 Å². The van der Waals surface area contributed by atoms with Crippen molar-refractivity contribution in [1.82, 2.24) is 0 Å². The average Bonchev–Trinajstić information content (AvgIpc) is 2.03. The van der Waals surface area contributed by atoms with Crippen molar-refractivity contribution in [2.75, 3.05) is 17.8 Å². The van der Waals surface area contributed by atoms with Gasteiger partial charge in [0.15, 0.2) is 0 Å². The summed E-state index contributed by atoms with van der Waals surface area (Å²) in [5, 5.41) is 0. The Kier molecular flexibility index (Phi) is 3.04. The van der Waals surface area contributed by atoms with E-state index >= 15 is 0 Å². The molecule has 1 nitrogen and oxygen atoms in total. The van der Waals surface area contributed by atoms with Gasteiger partial charge in [-0.2, -0.15) is 12.6 Å². The maximum absolute atomic E-state index is 4.23. The highest BCUT2D eigenvalue weighted by Gasteiger charge is 2.01. The van der Waals surface area contributed by atoms with Gasteiger partial charge in [-0.3, -0.25) is 0 Å². The van der Waals surface area contributed by atoms with Crippen LogP contribution in [0.2, 0.25) is 0 Å². The zero-order valence-corrected chi connectivity index (χ0v) is 8.73. The fourth-order valence-corrected chi connectivity index (χ4v) is 1.46. The summed E-state index contributed by atoms with van der Waals surface area (Å²) in [6.07, 6.45) is 0.